The van der Waals surface area contributed by atoms with Crippen LogP contribution in [0.25, 0.3) is 16.9 Å². The number of nitrogens with zero attached hydrogens (tertiary/aromatic N) is 3. The number of halogens is 1. The molecule has 0 aliphatic carbocycles. The van der Waals surface area contributed by atoms with Crippen LogP contribution in [-0.4, -0.2) is 33.9 Å². The van der Waals surface area contributed by atoms with Crippen LogP contribution in [0.1, 0.15) is 10.5 Å². The Labute approximate surface area is 180 Å². The first-order valence-corrected chi connectivity index (χ1v) is 10.4. The summed E-state index contributed by atoms with van der Waals surface area (Å²) in [5.41, 5.74) is 2.70. The average molecular weight is 439 g/mol. The van der Waals surface area contributed by atoms with Crippen LogP contribution in [0, 0.1) is 0 Å². The minimum atomic E-state index is -0.334. The number of nitrogens with one attached hydrogen (secondary N) is 1. The number of carbonyl (C=O) groups is 1. The summed E-state index contributed by atoms with van der Waals surface area (Å²) in [5, 5.41) is 10.1. The third-order valence-electron chi connectivity index (χ3n) is 4.46. The second kappa shape index (κ2) is 7.81. The molecule has 1 N–H and O–H groups in total. The highest BCUT2D eigenvalue weighted by Crippen LogP contribution is 2.35. The first-order chi connectivity index (χ1) is 14.7. The number of amides is 1. The van der Waals surface area contributed by atoms with E-state index in [-0.39, 0.29) is 11.6 Å². The Morgan fingerprint density at radius 2 is 1.97 bits per heavy atom. The lowest BCUT2D eigenvalue weighted by molar-refractivity contribution is 0.102. The average Bonchev–Trinajstić information content (AvgIpc) is 3.43. The lowest BCUT2D eigenvalue weighted by Crippen LogP contribution is -2.15. The molecular formula is C21H15ClN4O3S. The summed E-state index contributed by atoms with van der Waals surface area (Å²) in [5.74, 6) is 1.09. The molecule has 0 saturated heterocycles. The zero-order valence-electron chi connectivity index (χ0n) is 15.5. The highest BCUT2D eigenvalue weighted by molar-refractivity contribution is 7.14. The van der Waals surface area contributed by atoms with Gasteiger partial charge >= 0.3 is 0 Å². The van der Waals surface area contributed by atoms with E-state index in [2.05, 4.69) is 15.4 Å². The van der Waals surface area contributed by atoms with Crippen molar-refractivity contribution in [3.05, 3.63) is 70.8 Å². The molecule has 9 heteroatoms. The van der Waals surface area contributed by atoms with Gasteiger partial charge in [-0.05, 0) is 42.5 Å². The molecule has 5 rings (SSSR count). The normalized spacial score (nSPS) is 12.6. The fourth-order valence-electron chi connectivity index (χ4n) is 3.04. The van der Waals surface area contributed by atoms with Crippen LogP contribution in [0.15, 0.2) is 60.1 Å². The number of rotatable bonds is 4. The molecule has 0 radical (unpaired) electrons. The monoisotopic (exact) mass is 438 g/mol. The Bertz CT molecular complexity index is 1240. The number of hydrogen-bond acceptors (Lipinski definition) is 6. The van der Waals surface area contributed by atoms with E-state index in [1.807, 2.05) is 35.7 Å². The van der Waals surface area contributed by atoms with Crippen molar-refractivity contribution in [3.63, 3.8) is 0 Å². The molecule has 30 heavy (non-hydrogen) atoms. The van der Waals surface area contributed by atoms with Gasteiger partial charge in [-0.3, -0.25) is 10.1 Å². The van der Waals surface area contributed by atoms with Crippen molar-refractivity contribution >= 4 is 34.0 Å². The van der Waals surface area contributed by atoms with E-state index in [1.165, 1.54) is 11.3 Å². The number of hydrogen-bond donors (Lipinski definition) is 1. The quantitative estimate of drug-likeness (QED) is 0.500. The van der Waals surface area contributed by atoms with Crippen molar-refractivity contribution in [2.24, 2.45) is 0 Å². The maximum Gasteiger partial charge on any atom is 0.277 e. The first kappa shape index (κ1) is 18.7. The molecule has 1 aliphatic rings. The molecule has 0 bridgehead atoms. The molecular weight excluding hydrogens is 424 g/mol. The molecule has 0 fully saturated rings. The van der Waals surface area contributed by atoms with Crippen LogP contribution in [0.4, 0.5) is 5.13 Å². The van der Waals surface area contributed by atoms with Gasteiger partial charge in [0, 0.05) is 22.2 Å². The fourth-order valence-corrected chi connectivity index (χ4v) is 3.93. The van der Waals surface area contributed by atoms with Gasteiger partial charge in [0.15, 0.2) is 22.3 Å². The predicted octanol–water partition coefficient (Wildman–Crippen LogP) is 4.67. The van der Waals surface area contributed by atoms with Crippen molar-refractivity contribution in [1.82, 2.24) is 14.8 Å². The van der Waals surface area contributed by atoms with Crippen LogP contribution in [0.3, 0.4) is 0 Å². The number of benzene rings is 2. The molecule has 3 heterocycles. The lowest BCUT2D eigenvalue weighted by Gasteiger charge is -2.18. The largest absolute Gasteiger partial charge is 0.486 e. The zero-order chi connectivity index (χ0) is 20.5. The molecule has 0 atom stereocenters. The van der Waals surface area contributed by atoms with Gasteiger partial charge in [-0.2, -0.15) is 5.10 Å². The number of carbonyl (C=O) groups excluding carboxylic acids is 1. The summed E-state index contributed by atoms with van der Waals surface area (Å²) in [6.45, 7) is 1.07. The molecule has 150 valence electrons. The number of anilines is 1. The van der Waals surface area contributed by atoms with Crippen molar-refractivity contribution in [3.8, 4) is 28.4 Å². The molecule has 0 spiro atoms. The van der Waals surface area contributed by atoms with E-state index in [1.54, 1.807) is 29.1 Å². The van der Waals surface area contributed by atoms with Crippen LogP contribution >= 0.6 is 22.9 Å². The third-order valence-corrected chi connectivity index (χ3v) is 5.45. The highest BCUT2D eigenvalue weighted by atomic mass is 35.5. The summed E-state index contributed by atoms with van der Waals surface area (Å²) in [7, 11) is 0. The number of aromatic nitrogens is 3. The Kier molecular flexibility index (Phi) is 4.86. The van der Waals surface area contributed by atoms with Gasteiger partial charge in [-0.25, -0.2) is 9.67 Å². The molecule has 4 aromatic rings. The van der Waals surface area contributed by atoms with Crippen molar-refractivity contribution in [2.75, 3.05) is 18.5 Å². The highest BCUT2D eigenvalue weighted by Gasteiger charge is 2.16. The molecule has 1 aliphatic heterocycles. The summed E-state index contributed by atoms with van der Waals surface area (Å²) in [6.07, 6.45) is 1.71. The molecule has 2 aromatic heterocycles. The fraction of sp³-hybridized carbons (Fsp3) is 0.0952. The van der Waals surface area contributed by atoms with E-state index in [4.69, 9.17) is 21.1 Å². The smallest absolute Gasteiger partial charge is 0.277 e. The summed E-state index contributed by atoms with van der Waals surface area (Å²) < 4.78 is 12.8. The number of fused-ring (bicyclic) bond motifs is 1. The van der Waals surface area contributed by atoms with Gasteiger partial charge < -0.3 is 9.47 Å². The van der Waals surface area contributed by atoms with Gasteiger partial charge in [0.2, 0.25) is 0 Å². The van der Waals surface area contributed by atoms with Crippen molar-refractivity contribution < 1.29 is 14.3 Å². The van der Waals surface area contributed by atoms with Crippen molar-refractivity contribution in [1.29, 1.82) is 0 Å². The number of ether oxygens (including phenoxy) is 2. The SMILES string of the molecule is O=C(Nc1nc(-c2ccc3c(c2)OCCO3)cs1)c1ccn(-c2cccc(Cl)c2)n1. The zero-order valence-corrected chi connectivity index (χ0v) is 17.1. The van der Waals surface area contributed by atoms with Gasteiger partial charge in [0.25, 0.3) is 5.91 Å². The maximum absolute atomic E-state index is 12.6. The summed E-state index contributed by atoms with van der Waals surface area (Å²) in [4.78, 5) is 17.1. The Hall–Kier alpha value is -3.36. The van der Waals surface area contributed by atoms with Gasteiger partial charge in [-0.15, -0.1) is 11.3 Å². The van der Waals surface area contributed by atoms with Crippen LogP contribution in [-0.2, 0) is 0 Å². The molecule has 1 amide bonds. The Balaban J connectivity index is 1.31. The lowest BCUT2D eigenvalue weighted by atomic mass is 10.1. The number of thiazole rings is 1. The Morgan fingerprint density at radius 1 is 1.10 bits per heavy atom. The molecule has 0 unspecified atom stereocenters. The molecule has 0 saturated carbocycles. The summed E-state index contributed by atoms with van der Waals surface area (Å²) in [6, 6.07) is 14.6. The van der Waals surface area contributed by atoms with Crippen LogP contribution in [0.5, 0.6) is 11.5 Å². The summed E-state index contributed by atoms with van der Waals surface area (Å²) >= 11 is 7.36. The second-order valence-electron chi connectivity index (χ2n) is 6.48. The minimum absolute atomic E-state index is 0.283. The van der Waals surface area contributed by atoms with Gasteiger partial charge in [-0.1, -0.05) is 17.7 Å². The molecule has 7 nitrogen and oxygen atoms in total. The predicted molar refractivity (Wildman–Crippen MR) is 115 cm³/mol. The van der Waals surface area contributed by atoms with Gasteiger partial charge in [0.05, 0.1) is 11.4 Å². The molecule has 2 aromatic carbocycles. The van der Waals surface area contributed by atoms with E-state index < -0.39 is 0 Å². The van der Waals surface area contributed by atoms with E-state index >= 15 is 0 Å². The second-order valence-corrected chi connectivity index (χ2v) is 7.77. The van der Waals surface area contributed by atoms with E-state index in [0.717, 1.165) is 22.7 Å². The maximum atomic E-state index is 12.6. The standard InChI is InChI=1S/C21H15ClN4O3S/c22-14-2-1-3-15(11-14)26-7-6-16(25-26)20(27)24-21-23-17(12-30-21)13-4-5-18-19(10-13)29-9-8-28-18/h1-7,10-12H,8-9H2,(H,23,24,27). The first-order valence-electron chi connectivity index (χ1n) is 9.14. The Morgan fingerprint density at radius 3 is 2.83 bits per heavy atom. The third kappa shape index (κ3) is 3.74. The van der Waals surface area contributed by atoms with Crippen LogP contribution in [0.2, 0.25) is 5.02 Å². The van der Waals surface area contributed by atoms with E-state index in [0.29, 0.717) is 29.1 Å². The minimum Gasteiger partial charge on any atom is -0.486 e. The topological polar surface area (TPSA) is 78.3 Å². The van der Waals surface area contributed by atoms with Gasteiger partial charge in [0.1, 0.15) is 13.2 Å². The van der Waals surface area contributed by atoms with Crippen molar-refractivity contribution in [2.45, 2.75) is 0 Å². The van der Waals surface area contributed by atoms with Crippen LogP contribution < -0.4 is 14.8 Å². The van der Waals surface area contributed by atoms with E-state index in [9.17, 15) is 4.79 Å².